The Morgan fingerprint density at radius 3 is 2.72 bits per heavy atom. The minimum Gasteiger partial charge on any atom is -0.385 e. The van der Waals surface area contributed by atoms with E-state index in [1.165, 1.54) is 18.4 Å². The van der Waals surface area contributed by atoms with Crippen molar-refractivity contribution in [2.24, 2.45) is 0 Å². The van der Waals surface area contributed by atoms with Gasteiger partial charge in [-0.3, -0.25) is 0 Å². The molecule has 1 N–H and O–H groups in total. The molecule has 2 heteroatoms. The Bertz CT molecular complexity index is 371. The highest BCUT2D eigenvalue weighted by atomic mass is 16.5. The average molecular weight is 247 g/mol. The third kappa shape index (κ3) is 3.33. The minimum atomic E-state index is 0.563. The summed E-state index contributed by atoms with van der Waals surface area (Å²) in [6, 6.07) is 10.0. The highest BCUT2D eigenvalue weighted by molar-refractivity contribution is 5.31. The molecule has 100 valence electrons. The summed E-state index contributed by atoms with van der Waals surface area (Å²) in [7, 11) is 1.77. The first-order chi connectivity index (χ1) is 8.70. The summed E-state index contributed by atoms with van der Waals surface area (Å²) in [5, 5.41) is 3.69. The predicted octanol–water partition coefficient (Wildman–Crippen LogP) is 3.26. The smallest absolute Gasteiger partial charge is 0.0476 e. The van der Waals surface area contributed by atoms with Crippen molar-refractivity contribution in [1.29, 1.82) is 0 Å². The first kappa shape index (κ1) is 13.6. The Hall–Kier alpha value is -0.860. The maximum atomic E-state index is 5.11. The molecule has 18 heavy (non-hydrogen) atoms. The minimum absolute atomic E-state index is 0.563. The topological polar surface area (TPSA) is 21.3 Å². The maximum absolute atomic E-state index is 5.11. The fourth-order valence-electron chi connectivity index (χ4n) is 2.83. The molecule has 0 bridgehead atoms. The first-order valence-electron chi connectivity index (χ1n) is 7.01. The molecule has 1 saturated carbocycles. The molecule has 0 aromatic heterocycles. The second-order valence-corrected chi connectivity index (χ2v) is 5.57. The van der Waals surface area contributed by atoms with E-state index in [0.29, 0.717) is 12.1 Å². The lowest BCUT2D eigenvalue weighted by Crippen LogP contribution is -2.44. The first-order valence-corrected chi connectivity index (χ1v) is 7.01. The molecule has 0 radical (unpaired) electrons. The molecule has 1 aromatic carbocycles. The fraction of sp³-hybridized carbons (Fsp3) is 0.625. The molecule has 0 heterocycles. The summed E-state index contributed by atoms with van der Waals surface area (Å²) in [6.07, 6.45) is 3.66. The van der Waals surface area contributed by atoms with E-state index in [4.69, 9.17) is 4.74 Å². The third-order valence-electron chi connectivity index (χ3n) is 4.04. The molecule has 0 spiro atoms. The number of hydrogen-bond donors (Lipinski definition) is 1. The van der Waals surface area contributed by atoms with E-state index in [1.807, 2.05) is 0 Å². The zero-order valence-corrected chi connectivity index (χ0v) is 11.8. The van der Waals surface area contributed by atoms with Gasteiger partial charge in [0.25, 0.3) is 0 Å². The van der Waals surface area contributed by atoms with Gasteiger partial charge < -0.3 is 10.1 Å². The van der Waals surface area contributed by atoms with Gasteiger partial charge in [-0.2, -0.15) is 0 Å². The molecular weight excluding hydrogens is 222 g/mol. The summed E-state index contributed by atoms with van der Waals surface area (Å²) < 4.78 is 5.11. The van der Waals surface area contributed by atoms with Gasteiger partial charge in [0.1, 0.15) is 0 Å². The standard InChI is InChI=1S/C16H25NO/c1-12-6-4-5-7-16(12)14-10-15(11-14)17-13(2)8-9-18-3/h4-7,13-15,17H,8-11H2,1-3H3. The summed E-state index contributed by atoms with van der Waals surface area (Å²) in [5.74, 6) is 0.762. The molecule has 1 atom stereocenters. The Morgan fingerprint density at radius 1 is 1.33 bits per heavy atom. The maximum Gasteiger partial charge on any atom is 0.0476 e. The number of benzene rings is 1. The van der Waals surface area contributed by atoms with Gasteiger partial charge in [-0.05, 0) is 50.2 Å². The second kappa shape index (κ2) is 6.35. The van der Waals surface area contributed by atoms with Gasteiger partial charge in [-0.25, -0.2) is 0 Å². The van der Waals surface area contributed by atoms with Crippen molar-refractivity contribution in [3.8, 4) is 0 Å². The number of aryl methyl sites for hydroxylation is 1. The Labute approximate surface area is 111 Å². The third-order valence-corrected chi connectivity index (χ3v) is 4.04. The molecule has 1 aliphatic carbocycles. The van der Waals surface area contributed by atoms with Gasteiger partial charge in [0.15, 0.2) is 0 Å². The normalized spacial score (nSPS) is 24.6. The SMILES string of the molecule is COCCC(C)NC1CC(c2ccccc2C)C1. The van der Waals surface area contributed by atoms with Crippen molar-refractivity contribution in [2.75, 3.05) is 13.7 Å². The van der Waals surface area contributed by atoms with E-state index >= 15 is 0 Å². The van der Waals surface area contributed by atoms with Crippen LogP contribution in [0.2, 0.25) is 0 Å². The highest BCUT2D eigenvalue weighted by Crippen LogP contribution is 2.38. The molecule has 1 aliphatic rings. The zero-order valence-electron chi connectivity index (χ0n) is 11.8. The van der Waals surface area contributed by atoms with Crippen molar-refractivity contribution in [3.63, 3.8) is 0 Å². The van der Waals surface area contributed by atoms with E-state index in [0.717, 1.165) is 18.9 Å². The van der Waals surface area contributed by atoms with Crippen LogP contribution >= 0.6 is 0 Å². The monoisotopic (exact) mass is 247 g/mol. The number of hydrogen-bond acceptors (Lipinski definition) is 2. The van der Waals surface area contributed by atoms with E-state index in [1.54, 1.807) is 12.7 Å². The van der Waals surface area contributed by atoms with Crippen molar-refractivity contribution in [3.05, 3.63) is 35.4 Å². The molecule has 1 unspecified atom stereocenters. The number of rotatable bonds is 6. The Kier molecular flexibility index (Phi) is 4.79. The van der Waals surface area contributed by atoms with E-state index in [-0.39, 0.29) is 0 Å². The van der Waals surface area contributed by atoms with E-state index in [9.17, 15) is 0 Å². The van der Waals surface area contributed by atoms with Crippen LogP contribution in [-0.2, 0) is 4.74 Å². The van der Waals surface area contributed by atoms with Crippen LogP contribution in [-0.4, -0.2) is 25.8 Å². The molecule has 0 saturated heterocycles. The number of methoxy groups -OCH3 is 1. The average Bonchev–Trinajstić information content (AvgIpc) is 2.32. The quantitative estimate of drug-likeness (QED) is 0.833. The molecule has 1 aromatic rings. The summed E-state index contributed by atoms with van der Waals surface area (Å²) >= 11 is 0. The lowest BCUT2D eigenvalue weighted by atomic mass is 9.74. The number of nitrogens with one attached hydrogen (secondary N) is 1. The highest BCUT2D eigenvalue weighted by Gasteiger charge is 2.31. The predicted molar refractivity (Wildman–Crippen MR) is 76.0 cm³/mol. The van der Waals surface area contributed by atoms with Gasteiger partial charge in [-0.15, -0.1) is 0 Å². The van der Waals surface area contributed by atoms with Crippen LogP contribution in [0, 0.1) is 6.92 Å². The Morgan fingerprint density at radius 2 is 2.06 bits per heavy atom. The van der Waals surface area contributed by atoms with Gasteiger partial charge in [0, 0.05) is 25.8 Å². The van der Waals surface area contributed by atoms with Crippen molar-refractivity contribution in [1.82, 2.24) is 5.32 Å². The van der Waals surface area contributed by atoms with Crippen molar-refractivity contribution < 1.29 is 4.74 Å². The van der Waals surface area contributed by atoms with E-state index < -0.39 is 0 Å². The van der Waals surface area contributed by atoms with Crippen LogP contribution in [0.5, 0.6) is 0 Å². The Balaban J connectivity index is 1.75. The number of ether oxygens (including phenoxy) is 1. The van der Waals surface area contributed by atoms with Gasteiger partial charge in [-0.1, -0.05) is 24.3 Å². The van der Waals surface area contributed by atoms with Gasteiger partial charge in [0.05, 0.1) is 0 Å². The van der Waals surface area contributed by atoms with E-state index in [2.05, 4.69) is 43.4 Å². The van der Waals surface area contributed by atoms with Crippen LogP contribution in [0.3, 0.4) is 0 Å². The zero-order chi connectivity index (χ0) is 13.0. The summed E-state index contributed by atoms with van der Waals surface area (Å²) in [6.45, 7) is 5.32. The molecule has 0 aliphatic heterocycles. The lowest BCUT2D eigenvalue weighted by molar-refractivity contribution is 0.175. The van der Waals surface area contributed by atoms with Crippen LogP contribution in [0.15, 0.2) is 24.3 Å². The van der Waals surface area contributed by atoms with Crippen LogP contribution in [0.25, 0.3) is 0 Å². The van der Waals surface area contributed by atoms with Crippen molar-refractivity contribution >= 4 is 0 Å². The van der Waals surface area contributed by atoms with Crippen LogP contribution in [0.4, 0.5) is 0 Å². The molecule has 0 amide bonds. The van der Waals surface area contributed by atoms with Crippen LogP contribution < -0.4 is 5.32 Å². The molecule has 1 fully saturated rings. The van der Waals surface area contributed by atoms with Crippen molar-refractivity contribution in [2.45, 2.75) is 51.1 Å². The summed E-state index contributed by atoms with van der Waals surface area (Å²) in [5.41, 5.74) is 2.98. The fourth-order valence-corrected chi connectivity index (χ4v) is 2.83. The molecular formula is C16H25NO. The lowest BCUT2D eigenvalue weighted by Gasteiger charge is -2.38. The largest absolute Gasteiger partial charge is 0.385 e. The summed E-state index contributed by atoms with van der Waals surface area (Å²) in [4.78, 5) is 0. The molecule has 2 nitrogen and oxygen atoms in total. The van der Waals surface area contributed by atoms with Gasteiger partial charge in [0.2, 0.25) is 0 Å². The molecule has 2 rings (SSSR count). The van der Waals surface area contributed by atoms with Crippen LogP contribution in [0.1, 0.15) is 43.2 Å². The van der Waals surface area contributed by atoms with Gasteiger partial charge >= 0.3 is 0 Å². The second-order valence-electron chi connectivity index (χ2n) is 5.57.